The van der Waals surface area contributed by atoms with Gasteiger partial charge >= 0.3 is 0 Å². The standard InChI is InChI=1S/C14H12ClFN2O/c1-8-2-4-10(17)7-11(8)14(19)18-13-5-3-9(15)6-12(13)16/h2-7H,17H2,1H3,(H,18,19). The summed E-state index contributed by atoms with van der Waals surface area (Å²) in [5, 5.41) is 2.77. The number of hydrogen-bond acceptors (Lipinski definition) is 2. The Morgan fingerprint density at radius 1 is 1.26 bits per heavy atom. The Bertz CT molecular complexity index is 643. The summed E-state index contributed by atoms with van der Waals surface area (Å²) in [6.07, 6.45) is 0. The van der Waals surface area contributed by atoms with Gasteiger partial charge in [-0.15, -0.1) is 0 Å². The Hall–Kier alpha value is -2.07. The van der Waals surface area contributed by atoms with Crippen molar-refractivity contribution in [3.8, 4) is 0 Å². The highest BCUT2D eigenvalue weighted by Gasteiger charge is 2.12. The fourth-order valence-corrected chi connectivity index (χ4v) is 1.82. The number of nitrogen functional groups attached to an aromatic ring is 1. The molecule has 0 unspecified atom stereocenters. The van der Waals surface area contributed by atoms with Crippen LogP contribution in [-0.2, 0) is 0 Å². The zero-order chi connectivity index (χ0) is 14.0. The fourth-order valence-electron chi connectivity index (χ4n) is 1.66. The lowest BCUT2D eigenvalue weighted by Crippen LogP contribution is -2.14. The first-order valence-electron chi connectivity index (χ1n) is 5.60. The first-order chi connectivity index (χ1) is 8.97. The smallest absolute Gasteiger partial charge is 0.256 e. The maximum atomic E-state index is 13.6. The van der Waals surface area contributed by atoms with Crippen LogP contribution >= 0.6 is 11.6 Å². The number of halogens is 2. The van der Waals surface area contributed by atoms with Gasteiger partial charge in [-0.1, -0.05) is 17.7 Å². The molecule has 0 aliphatic rings. The van der Waals surface area contributed by atoms with Crippen LogP contribution in [0.3, 0.4) is 0 Å². The van der Waals surface area contributed by atoms with Gasteiger partial charge in [0, 0.05) is 16.3 Å². The van der Waals surface area contributed by atoms with Crippen molar-refractivity contribution in [2.45, 2.75) is 6.92 Å². The number of nitrogens with one attached hydrogen (secondary N) is 1. The van der Waals surface area contributed by atoms with Crippen LogP contribution in [-0.4, -0.2) is 5.91 Å². The van der Waals surface area contributed by atoms with Crippen LogP contribution in [0.1, 0.15) is 15.9 Å². The molecule has 3 nitrogen and oxygen atoms in total. The number of carbonyl (C=O) groups is 1. The summed E-state index contributed by atoms with van der Waals surface area (Å²) in [6, 6.07) is 9.06. The fraction of sp³-hybridized carbons (Fsp3) is 0.0714. The number of benzene rings is 2. The molecule has 0 radical (unpaired) electrons. The van der Waals surface area contributed by atoms with Gasteiger partial charge in [0.2, 0.25) is 0 Å². The van der Waals surface area contributed by atoms with E-state index in [2.05, 4.69) is 5.32 Å². The predicted octanol–water partition coefficient (Wildman–Crippen LogP) is 3.62. The van der Waals surface area contributed by atoms with E-state index in [1.165, 1.54) is 12.1 Å². The topological polar surface area (TPSA) is 55.1 Å². The SMILES string of the molecule is Cc1ccc(N)cc1C(=O)Nc1ccc(Cl)cc1F. The van der Waals surface area contributed by atoms with Crippen LogP contribution in [0.2, 0.25) is 5.02 Å². The lowest BCUT2D eigenvalue weighted by atomic mass is 10.1. The molecule has 0 saturated carbocycles. The molecule has 2 aromatic carbocycles. The lowest BCUT2D eigenvalue weighted by Gasteiger charge is -2.09. The van der Waals surface area contributed by atoms with E-state index in [0.717, 1.165) is 11.6 Å². The highest BCUT2D eigenvalue weighted by Crippen LogP contribution is 2.20. The van der Waals surface area contributed by atoms with E-state index >= 15 is 0 Å². The molecule has 0 aromatic heterocycles. The minimum atomic E-state index is -0.581. The molecule has 0 saturated heterocycles. The van der Waals surface area contributed by atoms with Crippen molar-refractivity contribution in [2.75, 3.05) is 11.1 Å². The molecular weight excluding hydrogens is 267 g/mol. The summed E-state index contributed by atoms with van der Waals surface area (Å²) < 4.78 is 13.6. The molecule has 0 bridgehead atoms. The normalized spacial score (nSPS) is 10.3. The average Bonchev–Trinajstić information content (AvgIpc) is 2.35. The highest BCUT2D eigenvalue weighted by atomic mass is 35.5. The molecular formula is C14H12ClFN2O. The minimum absolute atomic E-state index is 0.0798. The predicted molar refractivity (Wildman–Crippen MR) is 75.0 cm³/mol. The number of carbonyl (C=O) groups excluding carboxylic acids is 1. The van der Waals surface area contributed by atoms with Crippen LogP contribution in [0.25, 0.3) is 0 Å². The van der Waals surface area contributed by atoms with Crippen molar-refractivity contribution in [3.63, 3.8) is 0 Å². The summed E-state index contributed by atoms with van der Waals surface area (Å²) >= 11 is 5.65. The zero-order valence-corrected chi connectivity index (χ0v) is 11.0. The molecule has 0 aliphatic carbocycles. The first kappa shape index (κ1) is 13.4. The first-order valence-corrected chi connectivity index (χ1v) is 5.97. The lowest BCUT2D eigenvalue weighted by molar-refractivity contribution is 0.102. The number of anilines is 2. The maximum Gasteiger partial charge on any atom is 0.256 e. The molecule has 2 aromatic rings. The van der Waals surface area contributed by atoms with Gasteiger partial charge in [-0.3, -0.25) is 4.79 Å². The van der Waals surface area contributed by atoms with E-state index in [-0.39, 0.29) is 10.7 Å². The van der Waals surface area contributed by atoms with Gasteiger partial charge in [0.25, 0.3) is 5.91 Å². The Labute approximate surface area is 115 Å². The molecule has 0 aliphatic heterocycles. The van der Waals surface area contributed by atoms with E-state index in [1.807, 2.05) is 0 Å². The van der Waals surface area contributed by atoms with E-state index in [1.54, 1.807) is 25.1 Å². The van der Waals surface area contributed by atoms with E-state index < -0.39 is 11.7 Å². The van der Waals surface area contributed by atoms with E-state index in [4.69, 9.17) is 17.3 Å². The van der Waals surface area contributed by atoms with Gasteiger partial charge in [0.05, 0.1) is 5.69 Å². The summed E-state index contributed by atoms with van der Waals surface area (Å²) in [5.74, 6) is -0.992. The van der Waals surface area contributed by atoms with E-state index in [0.29, 0.717) is 11.3 Å². The minimum Gasteiger partial charge on any atom is -0.399 e. The summed E-state index contributed by atoms with van der Waals surface area (Å²) in [7, 11) is 0. The van der Waals surface area contributed by atoms with Crippen molar-refractivity contribution in [1.29, 1.82) is 0 Å². The van der Waals surface area contributed by atoms with Crippen LogP contribution in [0.5, 0.6) is 0 Å². The van der Waals surface area contributed by atoms with Crippen LogP contribution < -0.4 is 11.1 Å². The van der Waals surface area contributed by atoms with E-state index in [9.17, 15) is 9.18 Å². The molecule has 1 amide bonds. The Kier molecular flexibility index (Phi) is 3.71. The van der Waals surface area contributed by atoms with Crippen molar-refractivity contribution in [2.24, 2.45) is 0 Å². The second-order valence-electron chi connectivity index (χ2n) is 4.15. The van der Waals surface area contributed by atoms with Crippen molar-refractivity contribution in [1.82, 2.24) is 0 Å². The van der Waals surface area contributed by atoms with Gasteiger partial charge in [0.15, 0.2) is 0 Å². The van der Waals surface area contributed by atoms with Crippen LogP contribution in [0.15, 0.2) is 36.4 Å². The summed E-state index contributed by atoms with van der Waals surface area (Å²) in [6.45, 7) is 1.78. The molecule has 3 N–H and O–H groups in total. The Morgan fingerprint density at radius 2 is 2.00 bits per heavy atom. The molecule has 98 valence electrons. The molecule has 0 spiro atoms. The van der Waals surface area contributed by atoms with Gasteiger partial charge in [0.1, 0.15) is 5.82 Å². The molecule has 0 heterocycles. The largest absolute Gasteiger partial charge is 0.399 e. The molecule has 5 heteroatoms. The number of nitrogens with two attached hydrogens (primary N) is 1. The Balaban J connectivity index is 2.28. The zero-order valence-electron chi connectivity index (χ0n) is 10.2. The number of rotatable bonds is 2. The number of hydrogen-bond donors (Lipinski definition) is 2. The molecule has 19 heavy (non-hydrogen) atoms. The van der Waals surface area contributed by atoms with Crippen molar-refractivity contribution >= 4 is 28.9 Å². The quantitative estimate of drug-likeness (QED) is 0.824. The summed E-state index contributed by atoms with van der Waals surface area (Å²) in [4.78, 5) is 12.1. The second-order valence-corrected chi connectivity index (χ2v) is 4.59. The summed E-state index contributed by atoms with van der Waals surface area (Å²) in [5.41, 5.74) is 7.37. The molecule has 0 fully saturated rings. The highest BCUT2D eigenvalue weighted by molar-refractivity contribution is 6.30. The van der Waals surface area contributed by atoms with Crippen LogP contribution in [0.4, 0.5) is 15.8 Å². The second kappa shape index (κ2) is 5.28. The van der Waals surface area contributed by atoms with Gasteiger partial charge in [-0.2, -0.15) is 0 Å². The number of amides is 1. The van der Waals surface area contributed by atoms with Crippen molar-refractivity contribution in [3.05, 3.63) is 58.4 Å². The van der Waals surface area contributed by atoms with Gasteiger partial charge in [-0.05, 0) is 42.8 Å². The van der Waals surface area contributed by atoms with Crippen LogP contribution in [0, 0.1) is 12.7 Å². The number of aryl methyl sites for hydroxylation is 1. The monoisotopic (exact) mass is 278 g/mol. The van der Waals surface area contributed by atoms with Gasteiger partial charge < -0.3 is 11.1 Å². The third kappa shape index (κ3) is 3.03. The van der Waals surface area contributed by atoms with Gasteiger partial charge in [-0.25, -0.2) is 4.39 Å². The average molecular weight is 279 g/mol. The Morgan fingerprint density at radius 3 is 2.68 bits per heavy atom. The third-order valence-electron chi connectivity index (χ3n) is 2.69. The third-order valence-corrected chi connectivity index (χ3v) is 2.92. The molecule has 0 atom stereocenters. The maximum absolute atomic E-state index is 13.6. The van der Waals surface area contributed by atoms with Crippen molar-refractivity contribution < 1.29 is 9.18 Å². The molecule has 2 rings (SSSR count).